The van der Waals surface area contributed by atoms with E-state index in [1.165, 1.54) is 5.56 Å². The summed E-state index contributed by atoms with van der Waals surface area (Å²) in [5, 5.41) is 119. The second-order valence-corrected chi connectivity index (χ2v) is 28.9. The SMILES string of the molecule is CC1(C)C(=CC=CC=CC=CC2=[N+](CCC(=O)NCCCO[C@H]3[C@H]4CCCOC5[C@@H](CO)OC(OC([C@@H](CO)O4)[C@@H]3O)[C@H](O)[C@H]5O)c3ccc4ccccc4c3C2(C)C)N(CCC(=O)NCCCO[C@H]2C3O[C@H]4[C@H](O)[C@@H](O)C(CCCO[C@@H]([C@@H]2O)[C@@H](CO)O3)O[C@@H]4CO)c2ccc3ccccc3c21. The third-order valence-corrected chi connectivity index (χ3v) is 21.5. The number of hydrogen-bond donors (Lipinski definition) is 12. The smallest absolute Gasteiger partial charge is 0.226 e. The Morgan fingerprint density at radius 3 is 1.74 bits per heavy atom. The van der Waals surface area contributed by atoms with E-state index in [0.717, 1.165) is 49.9 Å². The molecule has 562 valence electrons. The molecular formula is C77H103N4O22+. The Hall–Kier alpha value is -6.03. The topological polar surface area (TPSA) is 359 Å². The van der Waals surface area contributed by atoms with Crippen LogP contribution in [0.25, 0.3) is 21.5 Å². The fourth-order valence-corrected chi connectivity index (χ4v) is 16.2. The Kier molecular flexibility index (Phi) is 25.5. The highest BCUT2D eigenvalue weighted by Gasteiger charge is 2.55. The highest BCUT2D eigenvalue weighted by atomic mass is 16.7. The van der Waals surface area contributed by atoms with Crippen molar-refractivity contribution in [2.45, 2.75) is 212 Å². The number of rotatable bonds is 24. The van der Waals surface area contributed by atoms with Crippen LogP contribution in [0, 0.1) is 0 Å². The molecule has 14 aliphatic heterocycles. The number of aliphatic hydroxyl groups excluding tert-OH is 10. The molecule has 103 heavy (non-hydrogen) atoms. The summed E-state index contributed by atoms with van der Waals surface area (Å²) in [5.74, 6) is -0.334. The maximum atomic E-state index is 13.8. The maximum absolute atomic E-state index is 13.8. The highest BCUT2D eigenvalue weighted by molar-refractivity contribution is 6.07. The number of aliphatic hydroxyl groups is 10. The molecule has 18 rings (SSSR count). The number of hydrogen-bond acceptors (Lipinski definition) is 23. The van der Waals surface area contributed by atoms with Crippen LogP contribution in [0.2, 0.25) is 0 Å². The van der Waals surface area contributed by atoms with Gasteiger partial charge in [-0.3, -0.25) is 9.59 Å². The van der Waals surface area contributed by atoms with E-state index in [1.807, 2.05) is 54.6 Å². The van der Waals surface area contributed by atoms with Crippen molar-refractivity contribution in [3.63, 3.8) is 0 Å². The minimum atomic E-state index is -1.59. The van der Waals surface area contributed by atoms with Gasteiger partial charge in [0.25, 0.3) is 0 Å². The lowest BCUT2D eigenvalue weighted by molar-refractivity contribution is -0.436. The zero-order valence-corrected chi connectivity index (χ0v) is 58.9. The first-order valence-electron chi connectivity index (χ1n) is 36.4. The number of carbonyl (C=O) groups excluding carboxylic acids is 2. The summed E-state index contributed by atoms with van der Waals surface area (Å²) in [6.45, 7) is 8.45. The van der Waals surface area contributed by atoms with Gasteiger partial charge in [-0.05, 0) is 97.7 Å². The molecule has 0 saturated carbocycles. The first-order chi connectivity index (χ1) is 49.8. The van der Waals surface area contributed by atoms with Gasteiger partial charge in [-0.2, -0.15) is 4.58 Å². The van der Waals surface area contributed by atoms with Crippen molar-refractivity contribution in [2.75, 3.05) is 83.9 Å². The summed E-state index contributed by atoms with van der Waals surface area (Å²) in [5.41, 5.74) is 5.50. The predicted molar refractivity (Wildman–Crippen MR) is 377 cm³/mol. The van der Waals surface area contributed by atoms with E-state index < -0.39 is 160 Å². The molecule has 26 heteroatoms. The van der Waals surface area contributed by atoms with Gasteiger partial charge in [-0.1, -0.05) is 98.8 Å². The van der Waals surface area contributed by atoms with E-state index in [2.05, 4.69) is 108 Å². The number of carbonyl (C=O) groups is 2. The summed E-state index contributed by atoms with van der Waals surface area (Å²) < 4.78 is 62.8. The number of amides is 2. The van der Waals surface area contributed by atoms with E-state index >= 15 is 0 Å². The first-order valence-corrected chi connectivity index (χ1v) is 36.4. The van der Waals surface area contributed by atoms with Crippen LogP contribution in [-0.2, 0) is 67.8 Å². The number of benzene rings is 4. The van der Waals surface area contributed by atoms with E-state index in [4.69, 9.17) is 47.4 Å². The van der Waals surface area contributed by atoms with Crippen LogP contribution in [0.3, 0.4) is 0 Å². The summed E-state index contributed by atoms with van der Waals surface area (Å²) in [7, 11) is 0. The molecule has 0 aromatic heterocycles. The standard InChI is InChI=1S/C77H102N4O22/c1-76(2)56(80(48-28-26-44-18-10-12-20-46(44)60(48)76)34-30-58(86)78-32-16-38-96-68-51-23-15-37-94-69-52(40-82)100-74(65(91)64(69)90)102-72(66(68)92)55(43-85)99-51)24-8-6-5-7-9-25-57-77(3,4)61-47-21-13-11-19-45(47)27-29-49(61)81(57)35-31-59(87)79-33-17-39-97-73-67(93)70-53(41-83)101-75(73)103-71-54(42-84)98-50(22-14-36-95-70)62(88)63(71)89/h5-13,18-21,24-29,50-55,62-75,82-85,88-93H,14-17,22-23,30-43H2,1-4H3,(H-,78,79,86,87)/p+1/t50?,51-,52-,53-,54-,55-,62+,63-,64-,65-,66-,67+,68+,69?,70-,71-,72?,73-,74?,75?/m1/s1. The monoisotopic (exact) mass is 1440 g/mol. The van der Waals surface area contributed by atoms with Crippen molar-refractivity contribution >= 4 is 50.4 Å². The fraction of sp³-hybridized carbons (Fsp3) is 0.597. The number of anilines is 1. The van der Waals surface area contributed by atoms with Crippen molar-refractivity contribution in [1.82, 2.24) is 10.6 Å². The maximum Gasteiger partial charge on any atom is 0.226 e. The van der Waals surface area contributed by atoms with Gasteiger partial charge >= 0.3 is 0 Å². The van der Waals surface area contributed by atoms with Crippen LogP contribution in [0.15, 0.2) is 121 Å². The molecule has 14 aliphatic rings. The molecule has 26 nitrogen and oxygen atoms in total. The lowest BCUT2D eigenvalue weighted by Crippen LogP contribution is -2.65. The molecule has 8 bridgehead atoms. The molecule has 12 fully saturated rings. The Morgan fingerprint density at radius 1 is 0.544 bits per heavy atom. The van der Waals surface area contributed by atoms with E-state index in [-0.39, 0.29) is 64.2 Å². The molecule has 4 aromatic rings. The predicted octanol–water partition coefficient (Wildman–Crippen LogP) is 2.53. The molecule has 0 radical (unpaired) electrons. The minimum Gasteiger partial charge on any atom is -0.394 e. The van der Waals surface area contributed by atoms with Crippen LogP contribution in [-0.4, -0.2) is 275 Å². The van der Waals surface area contributed by atoms with Crippen LogP contribution in [0.1, 0.15) is 90.2 Å². The molecule has 2 amide bonds. The number of fused-ring (bicyclic) bond motifs is 6. The average molecular weight is 1440 g/mol. The summed E-state index contributed by atoms with van der Waals surface area (Å²) in [6, 6.07) is 25.1. The number of allylic oxidation sites excluding steroid dienone is 8. The van der Waals surface area contributed by atoms with Crippen LogP contribution >= 0.6 is 0 Å². The quantitative estimate of drug-likeness (QED) is 0.0272. The summed E-state index contributed by atoms with van der Waals surface area (Å²) in [6.07, 6.45) is -6.76. The second-order valence-electron chi connectivity index (χ2n) is 28.9. The van der Waals surface area contributed by atoms with Gasteiger partial charge < -0.3 is 114 Å². The Bertz CT molecular complexity index is 3710. The van der Waals surface area contributed by atoms with E-state index in [1.54, 1.807) is 0 Å². The van der Waals surface area contributed by atoms with Gasteiger partial charge in [-0.15, -0.1) is 0 Å². The van der Waals surface area contributed by atoms with Crippen molar-refractivity contribution in [2.24, 2.45) is 0 Å². The number of nitrogens with zero attached hydrogens (tertiary/aromatic N) is 2. The molecule has 0 spiro atoms. The Balaban J connectivity index is 0.673. The van der Waals surface area contributed by atoms with Crippen LogP contribution < -0.4 is 15.5 Å². The van der Waals surface area contributed by atoms with Gasteiger partial charge in [0.2, 0.25) is 17.5 Å². The normalized spacial score (nSPS) is 34.1. The average Bonchev–Trinajstić information content (AvgIpc) is 1.58. The Labute approximate surface area is 599 Å². The van der Waals surface area contributed by atoms with Gasteiger partial charge in [0.15, 0.2) is 24.8 Å². The minimum absolute atomic E-state index is 0.0438. The Morgan fingerprint density at radius 2 is 1.07 bits per heavy atom. The van der Waals surface area contributed by atoms with Crippen molar-refractivity contribution in [3.05, 3.63) is 132 Å². The van der Waals surface area contributed by atoms with Crippen LogP contribution in [0.5, 0.6) is 0 Å². The zero-order chi connectivity index (χ0) is 72.7. The van der Waals surface area contributed by atoms with Gasteiger partial charge in [0.1, 0.15) is 97.7 Å². The van der Waals surface area contributed by atoms with Gasteiger partial charge in [0.05, 0.1) is 50.5 Å². The molecule has 0 aliphatic carbocycles. The van der Waals surface area contributed by atoms with Gasteiger partial charge in [-0.25, -0.2) is 0 Å². The zero-order valence-electron chi connectivity index (χ0n) is 58.9. The third-order valence-electron chi connectivity index (χ3n) is 21.5. The van der Waals surface area contributed by atoms with E-state index in [0.29, 0.717) is 51.6 Å². The second kappa shape index (κ2) is 34.3. The number of ether oxygens (including phenoxy) is 10. The van der Waals surface area contributed by atoms with E-state index in [9.17, 15) is 60.7 Å². The van der Waals surface area contributed by atoms with Gasteiger partial charge in [0, 0.05) is 87.0 Å². The largest absolute Gasteiger partial charge is 0.394 e. The molecule has 12 N–H and O–H groups in total. The molecule has 4 aromatic carbocycles. The van der Waals surface area contributed by atoms with Crippen molar-refractivity contribution < 1.29 is 113 Å². The highest BCUT2D eigenvalue weighted by Crippen LogP contribution is 2.51. The summed E-state index contributed by atoms with van der Waals surface area (Å²) >= 11 is 0. The lowest BCUT2D eigenvalue weighted by atomic mass is 9.79. The summed E-state index contributed by atoms with van der Waals surface area (Å²) in [4.78, 5) is 29.7. The third kappa shape index (κ3) is 16.3. The molecule has 5 unspecified atom stereocenters. The fourth-order valence-electron chi connectivity index (χ4n) is 16.2. The molecule has 12 saturated heterocycles. The van der Waals surface area contributed by atoms with Crippen molar-refractivity contribution in [1.29, 1.82) is 0 Å². The lowest BCUT2D eigenvalue weighted by Gasteiger charge is -2.47. The molecular weight excluding hydrogens is 1330 g/mol. The first kappa shape index (κ1) is 76.6. The van der Waals surface area contributed by atoms with Crippen LogP contribution in [0.4, 0.5) is 11.4 Å². The molecule has 20 atom stereocenters. The number of nitrogens with one attached hydrogen (secondary N) is 2. The van der Waals surface area contributed by atoms with Crippen molar-refractivity contribution in [3.8, 4) is 0 Å². The molecule has 14 heterocycles.